The zero-order valence-corrected chi connectivity index (χ0v) is 7.15. The van der Waals surface area contributed by atoms with Crippen molar-refractivity contribution in [3.8, 4) is 0 Å². The van der Waals surface area contributed by atoms with E-state index in [2.05, 4.69) is 20.8 Å². The smallest absolute Gasteiger partial charge is 0.0192 e. The Balaban J connectivity index is 2.84. The van der Waals surface area contributed by atoms with Crippen molar-refractivity contribution in [2.75, 3.05) is 0 Å². The summed E-state index contributed by atoms with van der Waals surface area (Å²) in [6.07, 6.45) is 2.13. The van der Waals surface area contributed by atoms with Crippen molar-refractivity contribution < 1.29 is 0 Å². The van der Waals surface area contributed by atoms with Gasteiger partial charge in [0.15, 0.2) is 0 Å². The molecule has 0 bridgehead atoms. The summed E-state index contributed by atoms with van der Waals surface area (Å²) < 4.78 is 0. The van der Waals surface area contributed by atoms with Crippen molar-refractivity contribution in [3.05, 3.63) is 0 Å². The second kappa shape index (κ2) is 1.95. The number of nitrogens with two attached hydrogens (primary N) is 2. The average Bonchev–Trinajstić information content (AvgIpc) is 1.94. The molecule has 0 spiro atoms. The molecule has 1 aliphatic rings. The zero-order valence-electron chi connectivity index (χ0n) is 7.15. The molecule has 2 atom stereocenters. The molecule has 0 heterocycles. The first-order chi connectivity index (χ1) is 4.38. The molecule has 1 fully saturated rings. The lowest BCUT2D eigenvalue weighted by Crippen LogP contribution is -2.51. The van der Waals surface area contributed by atoms with E-state index in [-0.39, 0.29) is 17.0 Å². The van der Waals surface area contributed by atoms with Crippen molar-refractivity contribution in [1.29, 1.82) is 0 Å². The SMILES string of the molecule is CC1(C)[C@@H](N)CC[C@@]1(C)N. The van der Waals surface area contributed by atoms with Gasteiger partial charge in [-0.05, 0) is 25.2 Å². The molecule has 1 rings (SSSR count). The van der Waals surface area contributed by atoms with E-state index in [9.17, 15) is 0 Å². The maximum absolute atomic E-state index is 6.07. The number of hydrogen-bond donors (Lipinski definition) is 2. The molecule has 0 radical (unpaired) electrons. The van der Waals surface area contributed by atoms with E-state index in [4.69, 9.17) is 11.5 Å². The van der Waals surface area contributed by atoms with Gasteiger partial charge in [-0.3, -0.25) is 0 Å². The molecule has 4 N–H and O–H groups in total. The Hall–Kier alpha value is -0.0800. The summed E-state index contributed by atoms with van der Waals surface area (Å²) in [5, 5.41) is 0. The summed E-state index contributed by atoms with van der Waals surface area (Å²) >= 11 is 0. The lowest BCUT2D eigenvalue weighted by Gasteiger charge is -2.37. The summed E-state index contributed by atoms with van der Waals surface area (Å²) in [6, 6.07) is 0.280. The van der Waals surface area contributed by atoms with Gasteiger partial charge in [0.2, 0.25) is 0 Å². The Bertz CT molecular complexity index is 138. The first-order valence-electron chi connectivity index (χ1n) is 3.92. The average molecular weight is 142 g/mol. The third kappa shape index (κ3) is 0.867. The lowest BCUT2D eigenvalue weighted by atomic mass is 9.75. The molecule has 1 saturated carbocycles. The normalized spacial score (nSPS) is 45.9. The summed E-state index contributed by atoms with van der Waals surface area (Å²) in [5.74, 6) is 0. The molecular formula is C8H18N2. The van der Waals surface area contributed by atoms with E-state index in [1.165, 1.54) is 0 Å². The second-order valence-corrected chi connectivity index (χ2v) is 4.28. The molecule has 60 valence electrons. The van der Waals surface area contributed by atoms with Crippen molar-refractivity contribution >= 4 is 0 Å². The van der Waals surface area contributed by atoms with E-state index < -0.39 is 0 Å². The molecule has 0 saturated heterocycles. The fourth-order valence-electron chi connectivity index (χ4n) is 1.56. The monoisotopic (exact) mass is 142 g/mol. The van der Waals surface area contributed by atoms with Crippen molar-refractivity contribution in [1.82, 2.24) is 0 Å². The van der Waals surface area contributed by atoms with Crippen LogP contribution in [-0.4, -0.2) is 11.6 Å². The first-order valence-corrected chi connectivity index (χ1v) is 3.92. The third-order valence-corrected chi connectivity index (χ3v) is 3.37. The molecule has 10 heavy (non-hydrogen) atoms. The standard InChI is InChI=1S/C8H18N2/c1-7(2)6(9)4-5-8(7,3)10/h6H,4-5,9-10H2,1-3H3/t6-,8+/m0/s1. The fraction of sp³-hybridized carbons (Fsp3) is 1.00. The molecule has 0 aromatic heterocycles. The van der Waals surface area contributed by atoms with Crippen LogP contribution >= 0.6 is 0 Å². The molecule has 2 heteroatoms. The molecule has 0 aromatic rings. The minimum absolute atomic E-state index is 0.0631. The Labute approximate surface area is 63.0 Å². The highest BCUT2D eigenvalue weighted by Gasteiger charge is 2.47. The summed E-state index contributed by atoms with van der Waals surface area (Å²) in [7, 11) is 0. The molecule has 0 amide bonds. The molecule has 2 nitrogen and oxygen atoms in total. The van der Waals surface area contributed by atoms with Gasteiger partial charge in [-0.15, -0.1) is 0 Å². The van der Waals surface area contributed by atoms with Crippen LogP contribution in [-0.2, 0) is 0 Å². The highest BCUT2D eigenvalue weighted by molar-refractivity contribution is 5.06. The van der Waals surface area contributed by atoms with Crippen LogP contribution in [0.5, 0.6) is 0 Å². The summed E-state index contributed by atoms with van der Waals surface area (Å²) in [6.45, 7) is 6.41. The number of hydrogen-bond acceptors (Lipinski definition) is 2. The van der Waals surface area contributed by atoms with Gasteiger partial charge < -0.3 is 11.5 Å². The van der Waals surface area contributed by atoms with Gasteiger partial charge >= 0.3 is 0 Å². The van der Waals surface area contributed by atoms with Crippen LogP contribution in [0.4, 0.5) is 0 Å². The van der Waals surface area contributed by atoms with Crippen LogP contribution in [0.1, 0.15) is 33.6 Å². The molecular weight excluding hydrogens is 124 g/mol. The van der Waals surface area contributed by atoms with Gasteiger partial charge in [0.1, 0.15) is 0 Å². The van der Waals surface area contributed by atoms with Crippen molar-refractivity contribution in [3.63, 3.8) is 0 Å². The van der Waals surface area contributed by atoms with E-state index >= 15 is 0 Å². The molecule has 0 aliphatic heterocycles. The zero-order chi connectivity index (χ0) is 7.99. The quantitative estimate of drug-likeness (QED) is 0.527. The van der Waals surface area contributed by atoms with Crippen LogP contribution in [0.2, 0.25) is 0 Å². The van der Waals surface area contributed by atoms with Gasteiger partial charge in [-0.2, -0.15) is 0 Å². The highest BCUT2D eigenvalue weighted by Crippen LogP contribution is 2.42. The van der Waals surface area contributed by atoms with Crippen LogP contribution in [0, 0.1) is 5.41 Å². The largest absolute Gasteiger partial charge is 0.327 e. The Morgan fingerprint density at radius 2 is 1.80 bits per heavy atom. The van der Waals surface area contributed by atoms with Crippen molar-refractivity contribution in [2.45, 2.75) is 45.2 Å². The van der Waals surface area contributed by atoms with Crippen LogP contribution in [0.15, 0.2) is 0 Å². The number of rotatable bonds is 0. The van der Waals surface area contributed by atoms with Crippen LogP contribution in [0.25, 0.3) is 0 Å². The predicted molar refractivity (Wildman–Crippen MR) is 43.6 cm³/mol. The van der Waals surface area contributed by atoms with Crippen LogP contribution in [0.3, 0.4) is 0 Å². The van der Waals surface area contributed by atoms with Crippen molar-refractivity contribution in [2.24, 2.45) is 16.9 Å². The van der Waals surface area contributed by atoms with E-state index in [1.807, 2.05) is 0 Å². The third-order valence-electron chi connectivity index (χ3n) is 3.37. The molecule has 1 aliphatic carbocycles. The molecule has 0 aromatic carbocycles. The Morgan fingerprint density at radius 1 is 1.30 bits per heavy atom. The van der Waals surface area contributed by atoms with E-state index in [0.717, 1.165) is 12.8 Å². The first kappa shape index (κ1) is 8.02. The summed E-state index contributed by atoms with van der Waals surface area (Å²) in [5.41, 5.74) is 12.0. The van der Waals surface area contributed by atoms with Gasteiger partial charge in [0, 0.05) is 11.6 Å². The highest BCUT2D eigenvalue weighted by atomic mass is 14.9. The fourth-order valence-corrected chi connectivity index (χ4v) is 1.56. The van der Waals surface area contributed by atoms with Gasteiger partial charge in [0.25, 0.3) is 0 Å². The second-order valence-electron chi connectivity index (χ2n) is 4.28. The summed E-state index contributed by atoms with van der Waals surface area (Å²) in [4.78, 5) is 0. The van der Waals surface area contributed by atoms with Crippen LogP contribution < -0.4 is 11.5 Å². The van der Waals surface area contributed by atoms with Gasteiger partial charge in [-0.1, -0.05) is 13.8 Å². The van der Waals surface area contributed by atoms with Gasteiger partial charge in [-0.25, -0.2) is 0 Å². The van der Waals surface area contributed by atoms with E-state index in [0.29, 0.717) is 0 Å². The minimum Gasteiger partial charge on any atom is -0.327 e. The van der Waals surface area contributed by atoms with E-state index in [1.54, 1.807) is 0 Å². The maximum atomic E-state index is 6.07. The topological polar surface area (TPSA) is 52.0 Å². The molecule has 0 unspecified atom stereocenters. The van der Waals surface area contributed by atoms with Gasteiger partial charge in [0.05, 0.1) is 0 Å². The maximum Gasteiger partial charge on any atom is 0.0192 e. The predicted octanol–water partition coefficient (Wildman–Crippen LogP) is 0.851. The minimum atomic E-state index is -0.0631. The Kier molecular flexibility index (Phi) is 1.57. The Morgan fingerprint density at radius 3 is 1.90 bits per heavy atom. The lowest BCUT2D eigenvalue weighted by molar-refractivity contribution is 0.207.